The number of carbonyl (C=O) groups is 1. The highest BCUT2D eigenvalue weighted by atomic mass is 35.5. The van der Waals surface area contributed by atoms with Crippen molar-refractivity contribution in [2.45, 2.75) is 25.3 Å². The van der Waals surface area contributed by atoms with E-state index in [9.17, 15) is 4.79 Å². The maximum absolute atomic E-state index is 12.7. The van der Waals surface area contributed by atoms with E-state index in [-0.39, 0.29) is 24.4 Å². The number of carbonyl (C=O) groups excluding carboxylic acids is 1. The van der Waals surface area contributed by atoms with Crippen LogP contribution < -0.4 is 5.73 Å². The van der Waals surface area contributed by atoms with Crippen molar-refractivity contribution in [3.05, 3.63) is 36.2 Å². The highest BCUT2D eigenvalue weighted by molar-refractivity contribution is 6.00. The number of nitrogens with zero attached hydrogens (tertiary/aromatic N) is 3. The first-order valence-electron chi connectivity index (χ1n) is 6.74. The average Bonchev–Trinajstić information content (AvgIpc) is 2.90. The highest BCUT2D eigenvalue weighted by Gasteiger charge is 2.28. The first kappa shape index (κ1) is 14.8. The summed E-state index contributed by atoms with van der Waals surface area (Å²) >= 11 is 0. The Kier molecular flexibility index (Phi) is 4.62. The van der Waals surface area contributed by atoms with Crippen molar-refractivity contribution >= 4 is 23.8 Å². The van der Waals surface area contributed by atoms with Crippen LogP contribution >= 0.6 is 12.4 Å². The SMILES string of the molecule is Cl.NCC1CCCCN1C(=O)c1cnn2ccccc12. The second-order valence-corrected chi connectivity index (χ2v) is 4.97. The molecule has 0 saturated carbocycles. The zero-order chi connectivity index (χ0) is 13.2. The molecule has 1 unspecified atom stereocenters. The minimum absolute atomic E-state index is 0. The fourth-order valence-corrected chi connectivity index (χ4v) is 2.77. The summed E-state index contributed by atoms with van der Waals surface area (Å²) < 4.78 is 1.73. The first-order chi connectivity index (χ1) is 9.31. The van der Waals surface area contributed by atoms with Crippen molar-refractivity contribution < 1.29 is 4.79 Å². The van der Waals surface area contributed by atoms with Gasteiger partial charge in [0, 0.05) is 25.3 Å². The van der Waals surface area contributed by atoms with Crippen LogP contribution in [-0.4, -0.2) is 39.6 Å². The second kappa shape index (κ2) is 6.24. The Balaban J connectivity index is 0.00000147. The molecule has 1 fully saturated rings. The van der Waals surface area contributed by atoms with E-state index in [1.54, 1.807) is 10.7 Å². The van der Waals surface area contributed by atoms with Gasteiger partial charge in [0.25, 0.3) is 5.91 Å². The summed E-state index contributed by atoms with van der Waals surface area (Å²) in [4.78, 5) is 14.6. The number of rotatable bonds is 2. The van der Waals surface area contributed by atoms with Gasteiger partial charge in [0.05, 0.1) is 17.3 Å². The smallest absolute Gasteiger partial charge is 0.257 e. The monoisotopic (exact) mass is 294 g/mol. The summed E-state index contributed by atoms with van der Waals surface area (Å²) in [5.41, 5.74) is 7.31. The number of piperidine rings is 1. The molecule has 0 aliphatic carbocycles. The molecular weight excluding hydrogens is 276 g/mol. The number of nitrogens with two attached hydrogens (primary N) is 1. The van der Waals surface area contributed by atoms with E-state index >= 15 is 0 Å². The van der Waals surface area contributed by atoms with E-state index in [4.69, 9.17) is 5.73 Å². The van der Waals surface area contributed by atoms with Crippen molar-refractivity contribution in [3.63, 3.8) is 0 Å². The van der Waals surface area contributed by atoms with Crippen LogP contribution in [0.25, 0.3) is 5.52 Å². The fraction of sp³-hybridized carbons (Fsp3) is 0.429. The normalized spacial score (nSPS) is 18.9. The maximum Gasteiger partial charge on any atom is 0.257 e. The molecule has 1 aliphatic heterocycles. The number of amides is 1. The molecule has 6 heteroatoms. The summed E-state index contributed by atoms with van der Waals surface area (Å²) in [6, 6.07) is 5.91. The molecule has 1 atom stereocenters. The van der Waals surface area contributed by atoms with Crippen LogP contribution in [0.15, 0.2) is 30.6 Å². The molecule has 2 aromatic rings. The number of aromatic nitrogens is 2. The summed E-state index contributed by atoms with van der Waals surface area (Å²) in [5, 5.41) is 4.22. The van der Waals surface area contributed by atoms with Gasteiger partial charge in [-0.1, -0.05) is 6.07 Å². The zero-order valence-electron chi connectivity index (χ0n) is 11.2. The third-order valence-corrected chi connectivity index (χ3v) is 3.82. The maximum atomic E-state index is 12.7. The Morgan fingerprint density at radius 2 is 2.25 bits per heavy atom. The van der Waals surface area contributed by atoms with Crippen molar-refractivity contribution in [3.8, 4) is 0 Å². The predicted molar refractivity (Wildman–Crippen MR) is 80.2 cm³/mol. The van der Waals surface area contributed by atoms with E-state index in [2.05, 4.69) is 5.10 Å². The Labute approximate surface area is 124 Å². The fourth-order valence-electron chi connectivity index (χ4n) is 2.77. The van der Waals surface area contributed by atoms with Gasteiger partial charge in [-0.05, 0) is 31.4 Å². The first-order valence-corrected chi connectivity index (χ1v) is 6.74. The van der Waals surface area contributed by atoms with Gasteiger partial charge in [-0.25, -0.2) is 4.52 Å². The molecule has 0 bridgehead atoms. The van der Waals surface area contributed by atoms with E-state index in [1.807, 2.05) is 29.3 Å². The number of halogens is 1. The van der Waals surface area contributed by atoms with E-state index < -0.39 is 0 Å². The third-order valence-electron chi connectivity index (χ3n) is 3.82. The zero-order valence-corrected chi connectivity index (χ0v) is 12.1. The largest absolute Gasteiger partial charge is 0.334 e. The van der Waals surface area contributed by atoms with Crippen LogP contribution in [0.5, 0.6) is 0 Å². The third kappa shape index (κ3) is 2.51. The van der Waals surface area contributed by atoms with Crippen LogP contribution in [0.2, 0.25) is 0 Å². The molecule has 3 rings (SSSR count). The lowest BCUT2D eigenvalue weighted by molar-refractivity contribution is 0.0625. The van der Waals surface area contributed by atoms with E-state index in [0.29, 0.717) is 12.1 Å². The summed E-state index contributed by atoms with van der Waals surface area (Å²) in [6.07, 6.45) is 6.71. The number of likely N-dealkylation sites (tertiary alicyclic amines) is 1. The Hall–Kier alpha value is -1.59. The average molecular weight is 295 g/mol. The molecule has 1 amide bonds. The van der Waals surface area contributed by atoms with E-state index in [0.717, 1.165) is 31.3 Å². The molecular formula is C14H19ClN4O. The van der Waals surface area contributed by atoms with Gasteiger partial charge in [-0.2, -0.15) is 5.10 Å². The van der Waals surface area contributed by atoms with Gasteiger partial charge in [-0.15, -0.1) is 12.4 Å². The highest BCUT2D eigenvalue weighted by Crippen LogP contribution is 2.21. The molecule has 20 heavy (non-hydrogen) atoms. The molecule has 0 radical (unpaired) electrons. The molecule has 0 aromatic carbocycles. The van der Waals surface area contributed by atoms with Gasteiger partial charge in [-0.3, -0.25) is 4.79 Å². The lowest BCUT2D eigenvalue weighted by atomic mass is 10.0. The van der Waals surface area contributed by atoms with Crippen molar-refractivity contribution in [1.29, 1.82) is 0 Å². The molecule has 1 aliphatic rings. The quantitative estimate of drug-likeness (QED) is 0.917. The molecule has 0 spiro atoms. The van der Waals surface area contributed by atoms with Crippen LogP contribution in [0, 0.1) is 0 Å². The lowest BCUT2D eigenvalue weighted by Gasteiger charge is -2.34. The van der Waals surface area contributed by atoms with Crippen LogP contribution in [0.4, 0.5) is 0 Å². The summed E-state index contributed by atoms with van der Waals surface area (Å²) in [5.74, 6) is 0.0522. The number of hydrogen-bond donors (Lipinski definition) is 1. The van der Waals surface area contributed by atoms with Crippen molar-refractivity contribution in [1.82, 2.24) is 14.5 Å². The standard InChI is InChI=1S/C14H18N4O.ClH/c15-9-11-5-1-3-7-17(11)14(19)12-10-16-18-8-4-2-6-13(12)18;/h2,4,6,8,10-11H,1,3,5,7,9,15H2;1H. The van der Waals surface area contributed by atoms with Gasteiger partial charge < -0.3 is 10.6 Å². The Bertz CT molecular complexity index is 598. The van der Waals surface area contributed by atoms with Crippen LogP contribution in [-0.2, 0) is 0 Å². The molecule has 108 valence electrons. The minimum atomic E-state index is 0. The predicted octanol–water partition coefficient (Wildman–Crippen LogP) is 1.71. The van der Waals surface area contributed by atoms with Crippen LogP contribution in [0.3, 0.4) is 0 Å². The Morgan fingerprint density at radius 1 is 1.40 bits per heavy atom. The number of pyridine rings is 1. The van der Waals surface area contributed by atoms with Gasteiger partial charge in [0.2, 0.25) is 0 Å². The molecule has 3 heterocycles. The summed E-state index contributed by atoms with van der Waals surface area (Å²) in [6.45, 7) is 1.33. The topological polar surface area (TPSA) is 63.6 Å². The molecule has 2 aromatic heterocycles. The lowest BCUT2D eigenvalue weighted by Crippen LogP contribution is -2.47. The van der Waals surface area contributed by atoms with Gasteiger partial charge >= 0.3 is 0 Å². The number of fused-ring (bicyclic) bond motifs is 1. The van der Waals surface area contributed by atoms with Crippen molar-refractivity contribution in [2.75, 3.05) is 13.1 Å². The number of hydrogen-bond acceptors (Lipinski definition) is 3. The van der Waals surface area contributed by atoms with Crippen molar-refractivity contribution in [2.24, 2.45) is 5.73 Å². The molecule has 1 saturated heterocycles. The summed E-state index contributed by atoms with van der Waals surface area (Å²) in [7, 11) is 0. The minimum Gasteiger partial charge on any atom is -0.334 e. The Morgan fingerprint density at radius 3 is 3.05 bits per heavy atom. The van der Waals surface area contributed by atoms with Crippen LogP contribution in [0.1, 0.15) is 29.6 Å². The van der Waals surface area contributed by atoms with Gasteiger partial charge in [0.15, 0.2) is 0 Å². The molecule has 5 nitrogen and oxygen atoms in total. The second-order valence-electron chi connectivity index (χ2n) is 4.97. The van der Waals surface area contributed by atoms with Gasteiger partial charge in [0.1, 0.15) is 0 Å². The van der Waals surface area contributed by atoms with E-state index in [1.165, 1.54) is 0 Å². The molecule has 2 N–H and O–H groups in total.